The SMILES string of the molecule is CCCCOCCN(C)CC(C)(C)CN. The average Bonchev–Trinajstić information content (AvgIpc) is 2.17. The van der Waals surface area contributed by atoms with Gasteiger partial charge >= 0.3 is 0 Å². The number of hydrogen-bond acceptors (Lipinski definition) is 3. The quantitative estimate of drug-likeness (QED) is 0.596. The second-order valence-corrected chi connectivity index (χ2v) is 5.07. The Kier molecular flexibility index (Phi) is 8.02. The van der Waals surface area contributed by atoms with Gasteiger partial charge in [0.25, 0.3) is 0 Å². The Labute approximate surface area is 95.0 Å². The molecule has 92 valence electrons. The number of hydrogen-bond donors (Lipinski definition) is 1. The van der Waals surface area contributed by atoms with E-state index in [1.165, 1.54) is 6.42 Å². The molecule has 0 fully saturated rings. The summed E-state index contributed by atoms with van der Waals surface area (Å²) >= 11 is 0. The maximum atomic E-state index is 5.69. The van der Waals surface area contributed by atoms with Crippen LogP contribution in [0.3, 0.4) is 0 Å². The third kappa shape index (κ3) is 8.85. The number of rotatable bonds is 9. The molecule has 0 bridgehead atoms. The molecule has 0 heterocycles. The van der Waals surface area contributed by atoms with Crippen molar-refractivity contribution in [3.05, 3.63) is 0 Å². The molecule has 0 aromatic heterocycles. The lowest BCUT2D eigenvalue weighted by atomic mass is 9.93. The van der Waals surface area contributed by atoms with E-state index in [0.29, 0.717) is 0 Å². The molecule has 3 heteroatoms. The summed E-state index contributed by atoms with van der Waals surface area (Å²) in [5.41, 5.74) is 5.90. The molecule has 0 unspecified atom stereocenters. The average molecular weight is 216 g/mol. The van der Waals surface area contributed by atoms with Crippen LogP contribution in [0.25, 0.3) is 0 Å². The van der Waals surface area contributed by atoms with E-state index < -0.39 is 0 Å². The first-order valence-electron chi connectivity index (χ1n) is 5.98. The van der Waals surface area contributed by atoms with Crippen LogP contribution in [0.15, 0.2) is 0 Å². The second-order valence-electron chi connectivity index (χ2n) is 5.07. The minimum absolute atomic E-state index is 0.207. The monoisotopic (exact) mass is 216 g/mol. The van der Waals surface area contributed by atoms with Gasteiger partial charge in [-0.2, -0.15) is 0 Å². The van der Waals surface area contributed by atoms with E-state index in [4.69, 9.17) is 10.5 Å². The van der Waals surface area contributed by atoms with Crippen LogP contribution in [0.1, 0.15) is 33.6 Å². The van der Waals surface area contributed by atoms with Crippen molar-refractivity contribution in [1.29, 1.82) is 0 Å². The van der Waals surface area contributed by atoms with E-state index in [-0.39, 0.29) is 5.41 Å². The molecule has 0 rings (SSSR count). The topological polar surface area (TPSA) is 38.5 Å². The summed E-state index contributed by atoms with van der Waals surface area (Å²) in [7, 11) is 2.13. The molecule has 0 atom stereocenters. The van der Waals surface area contributed by atoms with Crippen LogP contribution in [0.4, 0.5) is 0 Å². The van der Waals surface area contributed by atoms with Gasteiger partial charge in [0.05, 0.1) is 6.61 Å². The van der Waals surface area contributed by atoms with Crippen LogP contribution < -0.4 is 5.73 Å². The fraction of sp³-hybridized carbons (Fsp3) is 1.00. The third-order valence-electron chi connectivity index (χ3n) is 2.51. The normalized spacial score (nSPS) is 12.4. The molecule has 0 saturated carbocycles. The first-order valence-corrected chi connectivity index (χ1v) is 5.98. The summed E-state index contributed by atoms with van der Waals surface area (Å²) in [5.74, 6) is 0. The van der Waals surface area contributed by atoms with E-state index in [1.54, 1.807) is 0 Å². The van der Waals surface area contributed by atoms with E-state index in [2.05, 4.69) is 32.7 Å². The van der Waals surface area contributed by atoms with Crippen LogP contribution in [0, 0.1) is 5.41 Å². The molecule has 0 aromatic rings. The van der Waals surface area contributed by atoms with E-state index in [9.17, 15) is 0 Å². The number of unbranched alkanes of at least 4 members (excludes halogenated alkanes) is 1. The Morgan fingerprint density at radius 2 is 1.93 bits per heavy atom. The predicted octanol–water partition coefficient (Wildman–Crippen LogP) is 1.72. The predicted molar refractivity (Wildman–Crippen MR) is 66.1 cm³/mol. The molecule has 0 aliphatic carbocycles. The molecular weight excluding hydrogens is 188 g/mol. The molecule has 0 aromatic carbocycles. The molecule has 3 nitrogen and oxygen atoms in total. The molecule has 0 saturated heterocycles. The van der Waals surface area contributed by atoms with Gasteiger partial charge in [0, 0.05) is 19.7 Å². The minimum atomic E-state index is 0.207. The van der Waals surface area contributed by atoms with E-state index in [0.717, 1.165) is 39.3 Å². The van der Waals surface area contributed by atoms with Crippen molar-refractivity contribution >= 4 is 0 Å². The largest absolute Gasteiger partial charge is 0.380 e. The molecule has 0 amide bonds. The maximum absolute atomic E-state index is 5.69. The summed E-state index contributed by atoms with van der Waals surface area (Å²) in [5, 5.41) is 0. The fourth-order valence-electron chi connectivity index (χ4n) is 1.44. The van der Waals surface area contributed by atoms with Gasteiger partial charge in [-0.05, 0) is 25.4 Å². The highest BCUT2D eigenvalue weighted by Crippen LogP contribution is 2.13. The van der Waals surface area contributed by atoms with Crippen molar-refractivity contribution in [3.63, 3.8) is 0 Å². The zero-order valence-corrected chi connectivity index (χ0v) is 10.9. The lowest BCUT2D eigenvalue weighted by molar-refractivity contribution is 0.0977. The van der Waals surface area contributed by atoms with Crippen LogP contribution >= 0.6 is 0 Å². The van der Waals surface area contributed by atoms with Crippen molar-refractivity contribution < 1.29 is 4.74 Å². The minimum Gasteiger partial charge on any atom is -0.380 e. The number of nitrogens with zero attached hydrogens (tertiary/aromatic N) is 1. The third-order valence-corrected chi connectivity index (χ3v) is 2.51. The van der Waals surface area contributed by atoms with Crippen molar-refractivity contribution in [2.45, 2.75) is 33.6 Å². The van der Waals surface area contributed by atoms with Crippen LogP contribution in [0.5, 0.6) is 0 Å². The summed E-state index contributed by atoms with van der Waals surface area (Å²) in [6.07, 6.45) is 2.37. The Balaban J connectivity index is 3.45. The maximum Gasteiger partial charge on any atom is 0.0593 e. The standard InChI is InChI=1S/C12H28N2O/c1-5-6-8-15-9-7-14(4)11-12(2,3)10-13/h5-11,13H2,1-4H3. The zero-order valence-electron chi connectivity index (χ0n) is 10.9. The van der Waals surface area contributed by atoms with Gasteiger partial charge in [0.1, 0.15) is 0 Å². The molecule has 2 N–H and O–H groups in total. The summed E-state index contributed by atoms with van der Waals surface area (Å²) in [6.45, 7) is 11.0. The van der Waals surface area contributed by atoms with Gasteiger partial charge in [0.2, 0.25) is 0 Å². The van der Waals surface area contributed by atoms with Gasteiger partial charge in [0.15, 0.2) is 0 Å². The number of nitrogens with two attached hydrogens (primary N) is 1. The molecule has 0 aliphatic heterocycles. The summed E-state index contributed by atoms with van der Waals surface area (Å²) < 4.78 is 5.52. The summed E-state index contributed by atoms with van der Waals surface area (Å²) in [4.78, 5) is 2.29. The lowest BCUT2D eigenvalue weighted by Crippen LogP contribution is -2.38. The van der Waals surface area contributed by atoms with Crippen molar-refractivity contribution in [1.82, 2.24) is 4.90 Å². The van der Waals surface area contributed by atoms with Gasteiger partial charge in [-0.15, -0.1) is 0 Å². The highest BCUT2D eigenvalue weighted by molar-refractivity contribution is 4.72. The van der Waals surface area contributed by atoms with Crippen molar-refractivity contribution in [3.8, 4) is 0 Å². The Bertz CT molecular complexity index is 149. The highest BCUT2D eigenvalue weighted by Gasteiger charge is 2.17. The molecular formula is C12H28N2O. The molecule has 15 heavy (non-hydrogen) atoms. The second kappa shape index (κ2) is 8.08. The van der Waals surface area contributed by atoms with Crippen LogP contribution in [-0.2, 0) is 4.74 Å². The van der Waals surface area contributed by atoms with Crippen LogP contribution in [0.2, 0.25) is 0 Å². The van der Waals surface area contributed by atoms with Crippen molar-refractivity contribution in [2.75, 3.05) is 39.9 Å². The van der Waals surface area contributed by atoms with Gasteiger partial charge in [-0.25, -0.2) is 0 Å². The summed E-state index contributed by atoms with van der Waals surface area (Å²) in [6, 6.07) is 0. The van der Waals surface area contributed by atoms with Crippen molar-refractivity contribution in [2.24, 2.45) is 11.1 Å². The van der Waals surface area contributed by atoms with Gasteiger partial charge in [-0.3, -0.25) is 0 Å². The van der Waals surface area contributed by atoms with E-state index in [1.807, 2.05) is 0 Å². The Morgan fingerprint density at radius 3 is 2.47 bits per heavy atom. The van der Waals surface area contributed by atoms with Crippen LogP contribution in [-0.4, -0.2) is 44.8 Å². The first-order chi connectivity index (χ1) is 7.02. The van der Waals surface area contributed by atoms with Gasteiger partial charge < -0.3 is 15.4 Å². The smallest absolute Gasteiger partial charge is 0.0593 e. The molecule has 0 aliphatic rings. The number of ether oxygens (including phenoxy) is 1. The Morgan fingerprint density at radius 1 is 1.27 bits per heavy atom. The Hall–Kier alpha value is -0.120. The number of likely N-dealkylation sites (N-methyl/N-ethyl adjacent to an activating group) is 1. The molecule has 0 spiro atoms. The lowest BCUT2D eigenvalue weighted by Gasteiger charge is -2.28. The zero-order chi connectivity index (χ0) is 11.7. The van der Waals surface area contributed by atoms with Gasteiger partial charge in [-0.1, -0.05) is 27.2 Å². The highest BCUT2D eigenvalue weighted by atomic mass is 16.5. The molecule has 0 radical (unpaired) electrons. The fourth-order valence-corrected chi connectivity index (χ4v) is 1.44. The first kappa shape index (κ1) is 14.9. The van der Waals surface area contributed by atoms with E-state index >= 15 is 0 Å².